The minimum Gasteiger partial charge on any atom is -0.239 e. The molecular formula is C12H13ClN2. The maximum Gasteiger partial charge on any atom is 0.0831 e. The number of hydrogen-bond acceptors (Lipinski definition) is 1. The Balaban J connectivity index is 2.50. The molecule has 2 rings (SSSR count). The van der Waals surface area contributed by atoms with Crippen LogP contribution in [0.3, 0.4) is 0 Å². The van der Waals surface area contributed by atoms with Crippen molar-refractivity contribution < 1.29 is 0 Å². The first-order chi connectivity index (χ1) is 7.22. The minimum absolute atomic E-state index is 0.725. The zero-order valence-electron chi connectivity index (χ0n) is 8.87. The standard InChI is InChI=1S/C12H13ClN2/c1-3-10-8-15(14-9(10)2)12-7-5-4-6-11(12)13/h4-8H,3H2,1-2H3. The first kappa shape index (κ1) is 10.2. The predicted molar refractivity (Wildman–Crippen MR) is 62.7 cm³/mol. The summed E-state index contributed by atoms with van der Waals surface area (Å²) in [7, 11) is 0. The van der Waals surface area contributed by atoms with Crippen LogP contribution >= 0.6 is 11.6 Å². The maximum absolute atomic E-state index is 6.10. The molecule has 0 unspecified atom stereocenters. The van der Waals surface area contributed by atoms with Crippen molar-refractivity contribution in [3.63, 3.8) is 0 Å². The zero-order valence-corrected chi connectivity index (χ0v) is 9.62. The maximum atomic E-state index is 6.10. The number of aryl methyl sites for hydroxylation is 2. The van der Waals surface area contributed by atoms with Gasteiger partial charge in [-0.25, -0.2) is 4.68 Å². The second-order valence-corrected chi connectivity index (χ2v) is 3.90. The Bertz CT molecular complexity index is 474. The van der Waals surface area contributed by atoms with Gasteiger partial charge < -0.3 is 0 Å². The van der Waals surface area contributed by atoms with E-state index in [1.54, 1.807) is 0 Å². The van der Waals surface area contributed by atoms with E-state index in [1.807, 2.05) is 42.1 Å². The molecule has 1 heterocycles. The molecule has 1 aromatic carbocycles. The molecule has 0 aliphatic rings. The third-order valence-electron chi connectivity index (χ3n) is 2.48. The topological polar surface area (TPSA) is 17.8 Å². The first-order valence-electron chi connectivity index (χ1n) is 5.02. The molecule has 2 nitrogen and oxygen atoms in total. The van der Waals surface area contributed by atoms with Crippen LogP contribution in [-0.2, 0) is 6.42 Å². The van der Waals surface area contributed by atoms with Crippen LogP contribution in [0.1, 0.15) is 18.2 Å². The Morgan fingerprint density at radius 1 is 1.33 bits per heavy atom. The smallest absolute Gasteiger partial charge is 0.0831 e. The van der Waals surface area contributed by atoms with Crippen LogP contribution in [0.4, 0.5) is 0 Å². The fourth-order valence-corrected chi connectivity index (χ4v) is 1.83. The lowest BCUT2D eigenvalue weighted by Gasteiger charge is -2.02. The average Bonchev–Trinajstić information content (AvgIpc) is 2.60. The van der Waals surface area contributed by atoms with Crippen molar-refractivity contribution in [2.24, 2.45) is 0 Å². The highest BCUT2D eigenvalue weighted by molar-refractivity contribution is 6.32. The van der Waals surface area contributed by atoms with E-state index >= 15 is 0 Å². The van der Waals surface area contributed by atoms with E-state index in [0.29, 0.717) is 0 Å². The van der Waals surface area contributed by atoms with Gasteiger partial charge in [-0.2, -0.15) is 5.10 Å². The summed E-state index contributed by atoms with van der Waals surface area (Å²) in [5.41, 5.74) is 3.26. The van der Waals surface area contributed by atoms with Crippen LogP contribution in [0.2, 0.25) is 5.02 Å². The largest absolute Gasteiger partial charge is 0.239 e. The molecule has 0 spiro atoms. The Morgan fingerprint density at radius 2 is 2.07 bits per heavy atom. The highest BCUT2D eigenvalue weighted by atomic mass is 35.5. The molecule has 15 heavy (non-hydrogen) atoms. The van der Waals surface area contributed by atoms with Crippen molar-refractivity contribution in [2.45, 2.75) is 20.3 Å². The van der Waals surface area contributed by atoms with Crippen molar-refractivity contribution in [1.29, 1.82) is 0 Å². The molecule has 0 amide bonds. The minimum atomic E-state index is 0.725. The Morgan fingerprint density at radius 3 is 2.67 bits per heavy atom. The summed E-state index contributed by atoms with van der Waals surface area (Å²) in [6.07, 6.45) is 3.03. The van der Waals surface area contributed by atoms with Gasteiger partial charge in [-0.1, -0.05) is 30.7 Å². The molecular weight excluding hydrogens is 208 g/mol. The molecule has 0 bridgehead atoms. The van der Waals surface area contributed by atoms with Gasteiger partial charge in [0.1, 0.15) is 0 Å². The van der Waals surface area contributed by atoms with Gasteiger partial charge in [0.25, 0.3) is 0 Å². The normalized spacial score (nSPS) is 10.6. The number of hydrogen-bond donors (Lipinski definition) is 0. The fraction of sp³-hybridized carbons (Fsp3) is 0.250. The predicted octanol–water partition coefficient (Wildman–Crippen LogP) is 3.40. The summed E-state index contributed by atoms with van der Waals surface area (Å²) in [5, 5.41) is 5.17. The molecule has 0 saturated heterocycles. The van der Waals surface area contributed by atoms with Gasteiger partial charge in [0, 0.05) is 6.20 Å². The molecule has 0 aliphatic heterocycles. The van der Waals surface area contributed by atoms with E-state index in [9.17, 15) is 0 Å². The van der Waals surface area contributed by atoms with Gasteiger partial charge in [0.2, 0.25) is 0 Å². The molecule has 2 aromatic rings. The van der Waals surface area contributed by atoms with Gasteiger partial charge in [-0.15, -0.1) is 0 Å². The Hall–Kier alpha value is -1.28. The molecule has 0 aliphatic carbocycles. The van der Waals surface area contributed by atoms with E-state index in [4.69, 9.17) is 11.6 Å². The number of para-hydroxylation sites is 1. The number of rotatable bonds is 2. The summed E-state index contributed by atoms with van der Waals surface area (Å²) in [6, 6.07) is 7.72. The van der Waals surface area contributed by atoms with Crippen molar-refractivity contribution in [3.05, 3.63) is 46.7 Å². The number of aromatic nitrogens is 2. The quantitative estimate of drug-likeness (QED) is 0.759. The third-order valence-corrected chi connectivity index (χ3v) is 2.80. The van der Waals surface area contributed by atoms with E-state index in [1.165, 1.54) is 5.56 Å². The van der Waals surface area contributed by atoms with Gasteiger partial charge >= 0.3 is 0 Å². The Labute approximate surface area is 94.5 Å². The number of nitrogens with zero attached hydrogens (tertiary/aromatic N) is 2. The van der Waals surface area contributed by atoms with Gasteiger partial charge in [-0.3, -0.25) is 0 Å². The molecule has 0 fully saturated rings. The summed E-state index contributed by atoms with van der Waals surface area (Å²) >= 11 is 6.10. The van der Waals surface area contributed by atoms with E-state index in [2.05, 4.69) is 12.0 Å². The molecule has 0 N–H and O–H groups in total. The Kier molecular flexibility index (Phi) is 2.78. The summed E-state index contributed by atoms with van der Waals surface area (Å²) in [6.45, 7) is 4.15. The number of halogens is 1. The van der Waals surface area contributed by atoms with Crippen LogP contribution in [0, 0.1) is 6.92 Å². The zero-order chi connectivity index (χ0) is 10.8. The average molecular weight is 221 g/mol. The molecule has 1 aromatic heterocycles. The van der Waals surface area contributed by atoms with Crippen LogP contribution in [-0.4, -0.2) is 9.78 Å². The van der Waals surface area contributed by atoms with Crippen LogP contribution in [0.15, 0.2) is 30.5 Å². The fourth-order valence-electron chi connectivity index (χ4n) is 1.60. The van der Waals surface area contributed by atoms with E-state index < -0.39 is 0 Å². The van der Waals surface area contributed by atoms with Gasteiger partial charge in [0.05, 0.1) is 16.4 Å². The third kappa shape index (κ3) is 1.90. The molecule has 3 heteroatoms. The number of benzene rings is 1. The SMILES string of the molecule is CCc1cn(-c2ccccc2Cl)nc1C. The van der Waals surface area contributed by atoms with Gasteiger partial charge in [-0.05, 0) is 31.0 Å². The molecule has 78 valence electrons. The van der Waals surface area contributed by atoms with E-state index in [-0.39, 0.29) is 0 Å². The monoisotopic (exact) mass is 220 g/mol. The second-order valence-electron chi connectivity index (χ2n) is 3.49. The highest BCUT2D eigenvalue weighted by Gasteiger charge is 2.06. The lowest BCUT2D eigenvalue weighted by molar-refractivity contribution is 0.863. The lowest BCUT2D eigenvalue weighted by atomic mass is 10.2. The van der Waals surface area contributed by atoms with Gasteiger partial charge in [0.15, 0.2) is 0 Å². The van der Waals surface area contributed by atoms with Crippen LogP contribution in [0.5, 0.6) is 0 Å². The van der Waals surface area contributed by atoms with Crippen molar-refractivity contribution >= 4 is 11.6 Å². The van der Waals surface area contributed by atoms with Crippen molar-refractivity contribution in [2.75, 3.05) is 0 Å². The summed E-state index contributed by atoms with van der Waals surface area (Å²) in [5.74, 6) is 0. The molecule has 0 atom stereocenters. The van der Waals surface area contributed by atoms with Crippen LogP contribution in [0.25, 0.3) is 5.69 Å². The first-order valence-corrected chi connectivity index (χ1v) is 5.40. The highest BCUT2D eigenvalue weighted by Crippen LogP contribution is 2.20. The van der Waals surface area contributed by atoms with Crippen molar-refractivity contribution in [3.8, 4) is 5.69 Å². The van der Waals surface area contributed by atoms with Crippen molar-refractivity contribution in [1.82, 2.24) is 9.78 Å². The molecule has 0 saturated carbocycles. The molecule has 0 radical (unpaired) electrons. The summed E-state index contributed by atoms with van der Waals surface area (Å²) < 4.78 is 1.84. The summed E-state index contributed by atoms with van der Waals surface area (Å²) in [4.78, 5) is 0. The van der Waals surface area contributed by atoms with E-state index in [0.717, 1.165) is 22.8 Å². The second kappa shape index (κ2) is 4.07. The lowest BCUT2D eigenvalue weighted by Crippen LogP contribution is -1.95. The van der Waals surface area contributed by atoms with Crippen LogP contribution < -0.4 is 0 Å².